The third kappa shape index (κ3) is 1.68. The molecule has 2 aromatic heterocycles. The molecule has 20 heavy (non-hydrogen) atoms. The summed E-state index contributed by atoms with van der Waals surface area (Å²) >= 11 is 0. The van der Waals surface area contributed by atoms with Gasteiger partial charge in [-0.25, -0.2) is 14.4 Å². The van der Waals surface area contributed by atoms with Crippen LogP contribution in [0.1, 0.15) is 11.1 Å². The molecule has 0 amide bonds. The van der Waals surface area contributed by atoms with E-state index in [1.165, 1.54) is 16.7 Å². The van der Waals surface area contributed by atoms with E-state index >= 15 is 0 Å². The molecule has 2 N–H and O–H groups in total. The Hall–Kier alpha value is -2.94. The number of aromatic nitrogens is 3. The fourth-order valence-corrected chi connectivity index (χ4v) is 2.13. The van der Waals surface area contributed by atoms with Crippen LogP contribution in [0.4, 0.5) is 10.3 Å². The van der Waals surface area contributed by atoms with Crippen LogP contribution in [0.15, 0.2) is 30.5 Å². The number of halogens is 1. The summed E-state index contributed by atoms with van der Waals surface area (Å²) in [4.78, 5) is 8.47. The predicted molar refractivity (Wildman–Crippen MR) is 72.7 cm³/mol. The number of imidazole rings is 1. The number of fused-ring (bicyclic) bond motifs is 1. The first-order valence-electron chi connectivity index (χ1n) is 5.91. The van der Waals surface area contributed by atoms with Crippen molar-refractivity contribution in [3.05, 3.63) is 47.4 Å². The highest BCUT2D eigenvalue weighted by atomic mass is 19.1. The zero-order valence-electron chi connectivity index (χ0n) is 10.6. The zero-order valence-corrected chi connectivity index (χ0v) is 10.6. The lowest BCUT2D eigenvalue weighted by atomic mass is 10.2. The summed E-state index contributed by atoms with van der Waals surface area (Å²) in [6.45, 7) is 1.89. The molecule has 0 saturated heterocycles. The van der Waals surface area contributed by atoms with Crippen molar-refractivity contribution in [1.29, 1.82) is 5.26 Å². The number of hydrogen-bond donors (Lipinski definition) is 1. The van der Waals surface area contributed by atoms with Crippen LogP contribution >= 0.6 is 0 Å². The van der Waals surface area contributed by atoms with E-state index in [-0.39, 0.29) is 11.5 Å². The highest BCUT2D eigenvalue weighted by Gasteiger charge is 2.16. The molecule has 0 aliphatic rings. The van der Waals surface area contributed by atoms with Crippen molar-refractivity contribution < 1.29 is 4.39 Å². The topological polar surface area (TPSA) is 80.5 Å². The molecule has 0 fully saturated rings. The van der Waals surface area contributed by atoms with Crippen LogP contribution in [0, 0.1) is 24.1 Å². The van der Waals surface area contributed by atoms with Crippen molar-refractivity contribution >= 4 is 17.1 Å². The molecule has 0 saturated carbocycles. The second kappa shape index (κ2) is 4.31. The fraction of sp³-hybridized carbons (Fsp3) is 0.0714. The van der Waals surface area contributed by atoms with E-state index in [0.717, 1.165) is 5.56 Å². The maximum atomic E-state index is 13.7. The highest BCUT2D eigenvalue weighted by Crippen LogP contribution is 2.25. The summed E-state index contributed by atoms with van der Waals surface area (Å²) in [7, 11) is 0. The Labute approximate surface area is 114 Å². The predicted octanol–water partition coefficient (Wildman–Crippen LogP) is 2.32. The Morgan fingerprint density at radius 3 is 2.95 bits per heavy atom. The highest BCUT2D eigenvalue weighted by molar-refractivity contribution is 5.78. The van der Waals surface area contributed by atoms with E-state index in [4.69, 9.17) is 11.0 Å². The first-order valence-corrected chi connectivity index (χ1v) is 5.91. The SMILES string of the molecule is Cc1cnc2c(c1)nc(N)n2-c1cccc(F)c1C#N. The summed E-state index contributed by atoms with van der Waals surface area (Å²) in [5.74, 6) is -0.432. The minimum absolute atomic E-state index is 0.0825. The van der Waals surface area contributed by atoms with Crippen LogP contribution in [0.5, 0.6) is 0 Å². The molecule has 5 nitrogen and oxygen atoms in total. The molecule has 2 heterocycles. The minimum Gasteiger partial charge on any atom is -0.369 e. The second-order valence-electron chi connectivity index (χ2n) is 4.41. The minimum atomic E-state index is -0.599. The van der Waals surface area contributed by atoms with Gasteiger partial charge < -0.3 is 5.73 Å². The van der Waals surface area contributed by atoms with Crippen molar-refractivity contribution in [2.24, 2.45) is 0 Å². The monoisotopic (exact) mass is 267 g/mol. The summed E-state index contributed by atoms with van der Waals surface area (Å²) in [6.07, 6.45) is 1.67. The summed E-state index contributed by atoms with van der Waals surface area (Å²) < 4.78 is 15.2. The molecule has 0 aliphatic carbocycles. The van der Waals surface area contributed by atoms with Gasteiger partial charge in [0.1, 0.15) is 23.0 Å². The van der Waals surface area contributed by atoms with Crippen molar-refractivity contribution in [1.82, 2.24) is 14.5 Å². The van der Waals surface area contributed by atoms with Gasteiger partial charge in [-0.05, 0) is 30.7 Å². The Morgan fingerprint density at radius 1 is 1.40 bits per heavy atom. The summed E-state index contributed by atoms with van der Waals surface area (Å²) in [5, 5.41) is 9.12. The number of pyridine rings is 1. The van der Waals surface area contributed by atoms with E-state index in [1.807, 2.05) is 19.1 Å². The number of nitrogen functional groups attached to an aromatic ring is 1. The van der Waals surface area contributed by atoms with Gasteiger partial charge in [0.15, 0.2) is 5.65 Å². The largest absolute Gasteiger partial charge is 0.369 e. The molecule has 0 bridgehead atoms. The second-order valence-corrected chi connectivity index (χ2v) is 4.41. The maximum Gasteiger partial charge on any atom is 0.207 e. The van der Waals surface area contributed by atoms with E-state index in [2.05, 4.69) is 9.97 Å². The van der Waals surface area contributed by atoms with Gasteiger partial charge in [0, 0.05) is 6.20 Å². The van der Waals surface area contributed by atoms with Crippen LogP contribution in [-0.4, -0.2) is 14.5 Å². The normalized spacial score (nSPS) is 10.7. The standard InChI is InChI=1S/C14H10FN5/c1-8-5-11-13(18-7-8)20(14(17)19-11)12-4-2-3-10(15)9(12)6-16/h2-5,7H,1H3,(H2,17,19). The van der Waals surface area contributed by atoms with Crippen LogP contribution in [0.2, 0.25) is 0 Å². The molecule has 0 atom stereocenters. The van der Waals surface area contributed by atoms with Gasteiger partial charge >= 0.3 is 0 Å². The molecule has 0 spiro atoms. The lowest BCUT2D eigenvalue weighted by molar-refractivity contribution is 0.623. The molecule has 6 heteroatoms. The first-order chi connectivity index (χ1) is 9.61. The number of rotatable bonds is 1. The third-order valence-corrected chi connectivity index (χ3v) is 3.00. The van der Waals surface area contributed by atoms with Crippen LogP contribution < -0.4 is 5.73 Å². The number of anilines is 1. The maximum absolute atomic E-state index is 13.7. The number of nitrogens with two attached hydrogens (primary N) is 1. The van der Waals surface area contributed by atoms with Gasteiger partial charge in [-0.3, -0.25) is 4.57 Å². The van der Waals surface area contributed by atoms with Crippen LogP contribution in [-0.2, 0) is 0 Å². The van der Waals surface area contributed by atoms with Gasteiger partial charge in [-0.2, -0.15) is 5.26 Å². The van der Waals surface area contributed by atoms with Crippen molar-refractivity contribution in [3.8, 4) is 11.8 Å². The Balaban J connectivity index is 2.39. The summed E-state index contributed by atoms with van der Waals surface area (Å²) in [5.41, 5.74) is 8.19. The quantitative estimate of drug-likeness (QED) is 0.733. The molecule has 0 unspecified atom stereocenters. The van der Waals surface area contributed by atoms with Gasteiger partial charge in [-0.15, -0.1) is 0 Å². The molecule has 3 aromatic rings. The van der Waals surface area contributed by atoms with Gasteiger partial charge in [-0.1, -0.05) is 6.07 Å². The number of nitriles is 1. The third-order valence-electron chi connectivity index (χ3n) is 3.00. The Morgan fingerprint density at radius 2 is 2.20 bits per heavy atom. The average molecular weight is 267 g/mol. The number of benzene rings is 1. The molecule has 0 radical (unpaired) electrons. The van der Waals surface area contributed by atoms with Gasteiger partial charge in [0.25, 0.3) is 0 Å². The van der Waals surface area contributed by atoms with Crippen molar-refractivity contribution in [3.63, 3.8) is 0 Å². The van der Waals surface area contributed by atoms with E-state index in [9.17, 15) is 4.39 Å². The molecule has 0 aliphatic heterocycles. The van der Waals surface area contributed by atoms with Crippen molar-refractivity contribution in [2.75, 3.05) is 5.73 Å². The summed E-state index contributed by atoms with van der Waals surface area (Å²) in [6, 6.07) is 8.04. The molecule has 3 rings (SSSR count). The van der Waals surface area contributed by atoms with Crippen molar-refractivity contribution in [2.45, 2.75) is 6.92 Å². The van der Waals surface area contributed by atoms with Gasteiger partial charge in [0.05, 0.1) is 5.69 Å². The van der Waals surface area contributed by atoms with Crippen LogP contribution in [0.3, 0.4) is 0 Å². The number of aryl methyl sites for hydroxylation is 1. The zero-order chi connectivity index (χ0) is 14.3. The Bertz CT molecular complexity index is 860. The lowest BCUT2D eigenvalue weighted by Crippen LogP contribution is -2.04. The van der Waals surface area contributed by atoms with Crippen LogP contribution in [0.25, 0.3) is 16.9 Å². The molecular formula is C14H10FN5. The average Bonchev–Trinajstić information content (AvgIpc) is 2.73. The van der Waals surface area contributed by atoms with E-state index in [1.54, 1.807) is 12.3 Å². The first kappa shape index (κ1) is 12.1. The molecular weight excluding hydrogens is 257 g/mol. The smallest absolute Gasteiger partial charge is 0.207 e. The number of hydrogen-bond acceptors (Lipinski definition) is 4. The van der Waals surface area contributed by atoms with Gasteiger partial charge in [0.2, 0.25) is 5.95 Å². The molecule has 98 valence electrons. The Kier molecular flexibility index (Phi) is 2.61. The number of nitrogens with zero attached hydrogens (tertiary/aromatic N) is 4. The van der Waals surface area contributed by atoms with E-state index < -0.39 is 5.82 Å². The molecule has 1 aromatic carbocycles. The van der Waals surface area contributed by atoms with E-state index in [0.29, 0.717) is 16.9 Å². The fourth-order valence-electron chi connectivity index (χ4n) is 2.13. The lowest BCUT2D eigenvalue weighted by Gasteiger charge is -2.08.